The molecule has 0 aliphatic carbocycles. The van der Waals surface area contributed by atoms with Gasteiger partial charge in [-0.25, -0.2) is 4.98 Å². The smallest absolute Gasteiger partial charge is 0.137 e. The molecule has 1 fully saturated rings. The lowest BCUT2D eigenvalue weighted by molar-refractivity contribution is 0.376. The van der Waals surface area contributed by atoms with Crippen molar-refractivity contribution in [2.45, 2.75) is 38.6 Å². The van der Waals surface area contributed by atoms with E-state index in [2.05, 4.69) is 49.1 Å². The molecule has 0 saturated carbocycles. The highest BCUT2D eigenvalue weighted by Gasteiger charge is 2.25. The van der Waals surface area contributed by atoms with E-state index in [1.54, 1.807) is 0 Å². The van der Waals surface area contributed by atoms with E-state index in [4.69, 9.17) is 16.6 Å². The second-order valence-corrected chi connectivity index (χ2v) is 6.23. The van der Waals surface area contributed by atoms with E-state index in [0.29, 0.717) is 11.9 Å². The van der Waals surface area contributed by atoms with Crippen LogP contribution in [0.15, 0.2) is 30.3 Å². The van der Waals surface area contributed by atoms with Crippen LogP contribution in [0.3, 0.4) is 0 Å². The molecule has 2 aromatic rings. The summed E-state index contributed by atoms with van der Waals surface area (Å²) in [6.07, 6.45) is 2.48. The van der Waals surface area contributed by atoms with Gasteiger partial charge in [0.05, 0.1) is 11.6 Å². The largest absolute Gasteiger partial charge is 0.353 e. The predicted octanol–water partition coefficient (Wildman–Crippen LogP) is 4.60. The molecule has 20 heavy (non-hydrogen) atoms. The molecule has 3 rings (SSSR count). The van der Waals surface area contributed by atoms with Gasteiger partial charge in [0.25, 0.3) is 0 Å². The third kappa shape index (κ3) is 2.49. The first kappa shape index (κ1) is 13.7. The second kappa shape index (κ2) is 5.61. The third-order valence-electron chi connectivity index (χ3n) is 4.32. The van der Waals surface area contributed by atoms with Crippen LogP contribution in [0.25, 0.3) is 10.8 Å². The fourth-order valence-electron chi connectivity index (χ4n) is 3.24. The Morgan fingerprint density at radius 1 is 1.30 bits per heavy atom. The van der Waals surface area contributed by atoms with Crippen LogP contribution >= 0.6 is 11.6 Å². The molecule has 0 N–H and O–H groups in total. The van der Waals surface area contributed by atoms with Gasteiger partial charge in [-0.05, 0) is 37.1 Å². The first-order valence-electron chi connectivity index (χ1n) is 7.40. The van der Waals surface area contributed by atoms with E-state index in [0.717, 1.165) is 24.0 Å². The molecule has 0 amide bonds. The van der Waals surface area contributed by atoms with E-state index in [1.165, 1.54) is 23.6 Å². The van der Waals surface area contributed by atoms with E-state index in [-0.39, 0.29) is 0 Å². The number of hydrogen-bond acceptors (Lipinski definition) is 2. The maximum absolute atomic E-state index is 6.02. The van der Waals surface area contributed by atoms with Crippen molar-refractivity contribution in [1.82, 2.24) is 4.98 Å². The molecule has 2 atom stereocenters. The molecule has 1 aromatic carbocycles. The average Bonchev–Trinajstić information content (AvgIpc) is 2.46. The number of alkyl halides is 1. The third-order valence-corrected chi connectivity index (χ3v) is 4.59. The Hall–Kier alpha value is -1.28. The van der Waals surface area contributed by atoms with Crippen LogP contribution in [0, 0.1) is 5.92 Å². The summed E-state index contributed by atoms with van der Waals surface area (Å²) in [5, 5.41) is 2.47. The van der Waals surface area contributed by atoms with E-state index in [1.807, 2.05) is 0 Å². The summed E-state index contributed by atoms with van der Waals surface area (Å²) in [6.45, 7) is 5.74. The van der Waals surface area contributed by atoms with Crippen LogP contribution in [0.5, 0.6) is 0 Å². The zero-order chi connectivity index (χ0) is 14.1. The SMILES string of the molecule is CC1CCN(c2nc(CCl)cc3ccccc23)C(C)C1. The maximum atomic E-state index is 6.02. The van der Waals surface area contributed by atoms with Crippen LogP contribution in [-0.2, 0) is 5.88 Å². The first-order valence-corrected chi connectivity index (χ1v) is 7.93. The normalized spacial score (nSPS) is 23.2. The minimum atomic E-state index is 0.469. The number of benzene rings is 1. The Balaban J connectivity index is 2.09. The van der Waals surface area contributed by atoms with Gasteiger partial charge in [0.15, 0.2) is 0 Å². The lowest BCUT2D eigenvalue weighted by Gasteiger charge is -2.38. The summed E-state index contributed by atoms with van der Waals surface area (Å²) in [5.41, 5.74) is 0.964. The fraction of sp³-hybridized carbons (Fsp3) is 0.471. The summed E-state index contributed by atoms with van der Waals surface area (Å²) in [4.78, 5) is 7.27. The molecule has 3 heteroatoms. The van der Waals surface area contributed by atoms with Gasteiger partial charge in [0, 0.05) is 18.0 Å². The Morgan fingerprint density at radius 2 is 2.10 bits per heavy atom. The number of piperidine rings is 1. The first-order chi connectivity index (χ1) is 9.69. The van der Waals surface area contributed by atoms with Crippen LogP contribution in [0.4, 0.5) is 5.82 Å². The van der Waals surface area contributed by atoms with Gasteiger partial charge in [-0.3, -0.25) is 0 Å². The predicted molar refractivity (Wildman–Crippen MR) is 86.5 cm³/mol. The molecule has 1 aliphatic rings. The van der Waals surface area contributed by atoms with Crippen LogP contribution in [0.2, 0.25) is 0 Å². The van der Waals surface area contributed by atoms with Gasteiger partial charge in [-0.2, -0.15) is 0 Å². The van der Waals surface area contributed by atoms with Crippen molar-refractivity contribution in [2.75, 3.05) is 11.4 Å². The van der Waals surface area contributed by atoms with Crippen molar-refractivity contribution in [3.63, 3.8) is 0 Å². The highest BCUT2D eigenvalue weighted by atomic mass is 35.5. The number of aromatic nitrogens is 1. The molecule has 0 bridgehead atoms. The molecule has 2 unspecified atom stereocenters. The van der Waals surface area contributed by atoms with E-state index >= 15 is 0 Å². The number of hydrogen-bond donors (Lipinski definition) is 0. The minimum absolute atomic E-state index is 0.469. The van der Waals surface area contributed by atoms with Crippen molar-refractivity contribution in [2.24, 2.45) is 5.92 Å². The van der Waals surface area contributed by atoms with Gasteiger partial charge >= 0.3 is 0 Å². The molecule has 2 heterocycles. The van der Waals surface area contributed by atoms with Gasteiger partial charge < -0.3 is 4.90 Å². The lowest BCUT2D eigenvalue weighted by atomic mass is 9.93. The Morgan fingerprint density at radius 3 is 2.85 bits per heavy atom. The summed E-state index contributed by atoms with van der Waals surface area (Å²) in [7, 11) is 0. The zero-order valence-electron chi connectivity index (χ0n) is 12.1. The van der Waals surface area contributed by atoms with Crippen molar-refractivity contribution in [3.05, 3.63) is 36.0 Å². The Kier molecular flexibility index (Phi) is 3.84. The monoisotopic (exact) mass is 288 g/mol. The standard InChI is InChI=1S/C17H21ClN2/c1-12-7-8-20(13(2)9-12)17-16-6-4-3-5-14(16)10-15(11-18)19-17/h3-6,10,12-13H,7-9,11H2,1-2H3. The van der Waals surface area contributed by atoms with Crippen LogP contribution < -0.4 is 4.90 Å². The molecule has 0 radical (unpaired) electrons. The number of anilines is 1. The number of fused-ring (bicyclic) bond motifs is 1. The van der Waals surface area contributed by atoms with E-state index in [9.17, 15) is 0 Å². The van der Waals surface area contributed by atoms with E-state index < -0.39 is 0 Å². The molecule has 0 spiro atoms. The topological polar surface area (TPSA) is 16.1 Å². The van der Waals surface area contributed by atoms with Crippen molar-refractivity contribution < 1.29 is 0 Å². The lowest BCUT2D eigenvalue weighted by Crippen LogP contribution is -2.40. The van der Waals surface area contributed by atoms with Crippen LogP contribution in [-0.4, -0.2) is 17.6 Å². The molecule has 1 aliphatic heterocycles. The molecular weight excluding hydrogens is 268 g/mol. The van der Waals surface area contributed by atoms with Gasteiger partial charge in [-0.15, -0.1) is 11.6 Å². The van der Waals surface area contributed by atoms with Crippen molar-refractivity contribution in [3.8, 4) is 0 Å². The Labute approximate surface area is 125 Å². The minimum Gasteiger partial charge on any atom is -0.353 e. The highest BCUT2D eigenvalue weighted by molar-refractivity contribution is 6.17. The van der Waals surface area contributed by atoms with Crippen molar-refractivity contribution in [1.29, 1.82) is 0 Å². The highest BCUT2D eigenvalue weighted by Crippen LogP contribution is 2.32. The number of pyridine rings is 1. The quantitative estimate of drug-likeness (QED) is 0.751. The van der Waals surface area contributed by atoms with Crippen LogP contribution in [0.1, 0.15) is 32.4 Å². The number of nitrogens with zero attached hydrogens (tertiary/aromatic N) is 2. The Bertz CT molecular complexity index is 611. The van der Waals surface area contributed by atoms with Crippen molar-refractivity contribution >= 4 is 28.2 Å². The van der Waals surface area contributed by atoms with Gasteiger partial charge in [0.1, 0.15) is 5.82 Å². The molecular formula is C17H21ClN2. The maximum Gasteiger partial charge on any atom is 0.137 e. The summed E-state index contributed by atoms with van der Waals surface area (Å²) >= 11 is 6.02. The molecule has 2 nitrogen and oxygen atoms in total. The zero-order valence-corrected chi connectivity index (χ0v) is 12.9. The number of halogens is 1. The van der Waals surface area contributed by atoms with Gasteiger partial charge in [-0.1, -0.05) is 31.2 Å². The van der Waals surface area contributed by atoms with Gasteiger partial charge in [0.2, 0.25) is 0 Å². The molecule has 1 saturated heterocycles. The summed E-state index contributed by atoms with van der Waals surface area (Å²) in [5.74, 6) is 2.39. The summed E-state index contributed by atoms with van der Waals surface area (Å²) < 4.78 is 0. The number of rotatable bonds is 2. The average molecular weight is 289 g/mol. The second-order valence-electron chi connectivity index (χ2n) is 5.96. The summed E-state index contributed by atoms with van der Waals surface area (Å²) in [6, 6.07) is 11.1. The fourth-order valence-corrected chi connectivity index (χ4v) is 3.38. The molecule has 1 aromatic heterocycles. The molecule has 106 valence electrons.